The van der Waals surface area contributed by atoms with Crippen LogP contribution in [0.15, 0.2) is 30.3 Å². The summed E-state index contributed by atoms with van der Waals surface area (Å²) in [6.07, 6.45) is -7.37. The topological polar surface area (TPSA) is 33.1 Å². The lowest BCUT2D eigenvalue weighted by molar-refractivity contribution is -0.207. The van der Waals surface area contributed by atoms with Crippen LogP contribution < -0.4 is 0 Å². The van der Waals surface area contributed by atoms with Crippen LogP contribution in [0.1, 0.15) is 11.8 Å². The van der Waals surface area contributed by atoms with Crippen molar-refractivity contribution in [1.82, 2.24) is 4.98 Å². The Morgan fingerprint density at radius 1 is 1.24 bits per heavy atom. The summed E-state index contributed by atoms with van der Waals surface area (Å²) in [5.74, 6) is 0. The molecule has 2 nitrogen and oxygen atoms in total. The SMILES string of the molecule is O[C@H](c1cc2ccccc2c(Cl)n1)C(F)(F)F. The lowest BCUT2D eigenvalue weighted by atomic mass is 10.1. The summed E-state index contributed by atoms with van der Waals surface area (Å²) in [7, 11) is 0. The van der Waals surface area contributed by atoms with Crippen molar-refractivity contribution < 1.29 is 18.3 Å². The Kier molecular flexibility index (Phi) is 2.97. The fourth-order valence-electron chi connectivity index (χ4n) is 1.48. The van der Waals surface area contributed by atoms with E-state index < -0.39 is 18.0 Å². The van der Waals surface area contributed by atoms with Gasteiger partial charge in [0, 0.05) is 5.39 Å². The van der Waals surface area contributed by atoms with Crippen molar-refractivity contribution in [3.8, 4) is 0 Å². The van der Waals surface area contributed by atoms with Crippen molar-refractivity contribution in [1.29, 1.82) is 0 Å². The molecule has 1 aromatic heterocycles. The number of hydrogen-bond donors (Lipinski definition) is 1. The number of halogens is 4. The Balaban J connectivity index is 2.58. The van der Waals surface area contributed by atoms with E-state index in [1.54, 1.807) is 24.3 Å². The molecule has 0 saturated carbocycles. The molecule has 1 aromatic carbocycles. The second-order valence-electron chi connectivity index (χ2n) is 3.50. The number of rotatable bonds is 1. The molecule has 0 aliphatic heterocycles. The normalized spacial score (nSPS) is 13.9. The molecule has 0 spiro atoms. The number of alkyl halides is 3. The van der Waals surface area contributed by atoms with E-state index in [1.807, 2.05) is 0 Å². The van der Waals surface area contributed by atoms with Gasteiger partial charge in [-0.25, -0.2) is 4.98 Å². The molecule has 0 bridgehead atoms. The highest BCUT2D eigenvalue weighted by Gasteiger charge is 2.40. The van der Waals surface area contributed by atoms with E-state index in [0.717, 1.165) is 0 Å². The van der Waals surface area contributed by atoms with E-state index in [0.29, 0.717) is 10.8 Å². The Morgan fingerprint density at radius 2 is 1.88 bits per heavy atom. The molecule has 0 unspecified atom stereocenters. The van der Waals surface area contributed by atoms with E-state index in [4.69, 9.17) is 16.7 Å². The van der Waals surface area contributed by atoms with Crippen LogP contribution in [-0.4, -0.2) is 16.3 Å². The van der Waals surface area contributed by atoms with Crippen LogP contribution in [0.25, 0.3) is 10.8 Å². The number of hydrogen-bond acceptors (Lipinski definition) is 2. The Hall–Kier alpha value is -1.33. The van der Waals surface area contributed by atoms with Gasteiger partial charge in [-0.05, 0) is 11.5 Å². The summed E-state index contributed by atoms with van der Waals surface area (Å²) >= 11 is 5.77. The first kappa shape index (κ1) is 12.1. The summed E-state index contributed by atoms with van der Waals surface area (Å²) in [4.78, 5) is 3.56. The lowest BCUT2D eigenvalue weighted by Crippen LogP contribution is -2.21. The van der Waals surface area contributed by atoms with Crippen LogP contribution in [0.3, 0.4) is 0 Å². The monoisotopic (exact) mass is 261 g/mol. The Labute approximate surface area is 99.7 Å². The van der Waals surface area contributed by atoms with Crippen LogP contribution in [0.4, 0.5) is 13.2 Å². The molecular weight excluding hydrogens is 255 g/mol. The maximum absolute atomic E-state index is 12.3. The first-order valence-corrected chi connectivity index (χ1v) is 5.07. The predicted octanol–water partition coefficient (Wildman–Crippen LogP) is 3.48. The van der Waals surface area contributed by atoms with E-state index in [2.05, 4.69) is 4.98 Å². The predicted molar refractivity (Wildman–Crippen MR) is 57.8 cm³/mol. The second kappa shape index (κ2) is 4.16. The molecule has 0 aliphatic rings. The average Bonchev–Trinajstić information content (AvgIpc) is 2.27. The molecule has 1 atom stereocenters. The molecule has 0 fully saturated rings. The van der Waals surface area contributed by atoms with Crippen molar-refractivity contribution in [3.05, 3.63) is 41.2 Å². The average molecular weight is 262 g/mol. The van der Waals surface area contributed by atoms with Crippen molar-refractivity contribution >= 4 is 22.4 Å². The van der Waals surface area contributed by atoms with E-state index in [1.165, 1.54) is 6.07 Å². The highest BCUT2D eigenvalue weighted by molar-refractivity contribution is 6.34. The van der Waals surface area contributed by atoms with Gasteiger partial charge in [0.15, 0.2) is 6.10 Å². The first-order chi connectivity index (χ1) is 7.89. The number of aromatic nitrogens is 1. The van der Waals surface area contributed by atoms with Gasteiger partial charge in [-0.3, -0.25) is 0 Å². The quantitative estimate of drug-likeness (QED) is 0.797. The van der Waals surface area contributed by atoms with Gasteiger partial charge in [-0.2, -0.15) is 13.2 Å². The van der Waals surface area contributed by atoms with Gasteiger partial charge in [-0.1, -0.05) is 35.9 Å². The zero-order chi connectivity index (χ0) is 12.6. The van der Waals surface area contributed by atoms with Gasteiger partial charge in [0.1, 0.15) is 5.15 Å². The zero-order valence-corrected chi connectivity index (χ0v) is 9.13. The molecule has 0 radical (unpaired) electrons. The minimum absolute atomic E-state index is 0.0543. The van der Waals surface area contributed by atoms with Crippen molar-refractivity contribution in [2.24, 2.45) is 0 Å². The largest absolute Gasteiger partial charge is 0.420 e. The number of nitrogens with zero attached hydrogens (tertiary/aromatic N) is 1. The minimum atomic E-state index is -4.75. The number of aliphatic hydroxyl groups is 1. The van der Waals surface area contributed by atoms with Gasteiger partial charge >= 0.3 is 6.18 Å². The van der Waals surface area contributed by atoms with E-state index in [-0.39, 0.29) is 5.15 Å². The fraction of sp³-hybridized carbons (Fsp3) is 0.182. The summed E-state index contributed by atoms with van der Waals surface area (Å²) in [5, 5.41) is 10.1. The zero-order valence-electron chi connectivity index (χ0n) is 8.37. The van der Waals surface area contributed by atoms with Crippen molar-refractivity contribution in [2.45, 2.75) is 12.3 Å². The van der Waals surface area contributed by atoms with Crippen LogP contribution >= 0.6 is 11.6 Å². The van der Waals surface area contributed by atoms with E-state index >= 15 is 0 Å². The van der Waals surface area contributed by atoms with Gasteiger partial charge in [0.05, 0.1) is 5.69 Å². The lowest BCUT2D eigenvalue weighted by Gasteiger charge is -2.14. The summed E-state index contributed by atoms with van der Waals surface area (Å²) < 4.78 is 37.0. The molecule has 0 aliphatic carbocycles. The third-order valence-corrected chi connectivity index (χ3v) is 2.59. The van der Waals surface area contributed by atoms with E-state index in [9.17, 15) is 13.2 Å². The molecule has 6 heteroatoms. The first-order valence-electron chi connectivity index (χ1n) is 4.69. The van der Waals surface area contributed by atoms with Crippen LogP contribution in [0, 0.1) is 0 Å². The molecule has 1 N–H and O–H groups in total. The highest BCUT2D eigenvalue weighted by Crippen LogP contribution is 2.34. The third-order valence-electron chi connectivity index (χ3n) is 2.30. The van der Waals surface area contributed by atoms with Crippen LogP contribution in [-0.2, 0) is 0 Å². The Bertz CT molecular complexity index is 556. The second-order valence-corrected chi connectivity index (χ2v) is 3.86. The maximum Gasteiger partial charge on any atom is 0.420 e. The standard InChI is InChI=1S/C11H7ClF3NO/c12-10-7-4-2-1-3-6(7)5-8(16-10)9(17)11(13,14)15/h1-5,9,17H/t9-/m1/s1. The molecule has 2 rings (SSSR count). The molecule has 17 heavy (non-hydrogen) atoms. The van der Waals surface area contributed by atoms with Gasteiger partial charge in [-0.15, -0.1) is 0 Å². The number of fused-ring (bicyclic) bond motifs is 1. The molecule has 90 valence electrons. The van der Waals surface area contributed by atoms with Crippen molar-refractivity contribution in [2.75, 3.05) is 0 Å². The molecule has 1 heterocycles. The fourth-order valence-corrected chi connectivity index (χ4v) is 1.75. The van der Waals surface area contributed by atoms with Gasteiger partial charge in [0.25, 0.3) is 0 Å². The Morgan fingerprint density at radius 3 is 2.53 bits per heavy atom. The van der Waals surface area contributed by atoms with Crippen LogP contribution in [0.5, 0.6) is 0 Å². The van der Waals surface area contributed by atoms with Gasteiger partial charge in [0.2, 0.25) is 0 Å². The van der Waals surface area contributed by atoms with Gasteiger partial charge < -0.3 is 5.11 Å². The number of benzene rings is 1. The molecule has 2 aromatic rings. The maximum atomic E-state index is 12.3. The summed E-state index contributed by atoms with van der Waals surface area (Å²) in [6.45, 7) is 0. The van der Waals surface area contributed by atoms with Crippen molar-refractivity contribution in [3.63, 3.8) is 0 Å². The summed E-state index contributed by atoms with van der Waals surface area (Å²) in [6, 6.07) is 7.81. The highest BCUT2D eigenvalue weighted by atomic mass is 35.5. The molecule has 0 amide bonds. The number of pyridine rings is 1. The van der Waals surface area contributed by atoms with Crippen LogP contribution in [0.2, 0.25) is 5.15 Å². The molecular formula is C11H7ClF3NO. The smallest absolute Gasteiger partial charge is 0.378 e. The molecule has 0 saturated heterocycles. The third kappa shape index (κ3) is 2.35. The summed E-state index contributed by atoms with van der Waals surface area (Å²) in [5.41, 5.74) is -0.499. The minimum Gasteiger partial charge on any atom is -0.378 e. The number of aliphatic hydroxyl groups excluding tert-OH is 1.